The van der Waals surface area contributed by atoms with Crippen molar-refractivity contribution in [3.63, 3.8) is 0 Å². The molecule has 0 aliphatic heterocycles. The predicted molar refractivity (Wildman–Crippen MR) is 65.8 cm³/mol. The molecule has 5 N–H and O–H groups in total. The minimum absolute atomic E-state index is 0. The third-order valence-corrected chi connectivity index (χ3v) is 2.35. The maximum Gasteiger partial charge on any atom is -0.0533 e. The van der Waals surface area contributed by atoms with Crippen LogP contribution in [0.15, 0.2) is 0 Å². The Morgan fingerprint density at radius 1 is 0.714 bits per heavy atom. The second kappa shape index (κ2) is 18.7. The van der Waals surface area contributed by atoms with Gasteiger partial charge in [-0.15, -0.1) is 0 Å². The summed E-state index contributed by atoms with van der Waals surface area (Å²) < 4.78 is 0. The summed E-state index contributed by atoms with van der Waals surface area (Å²) in [5, 5.41) is 0. The van der Waals surface area contributed by atoms with Crippen molar-refractivity contribution in [1.82, 2.24) is 6.15 Å². The van der Waals surface area contributed by atoms with Gasteiger partial charge in [0.05, 0.1) is 0 Å². The van der Waals surface area contributed by atoms with Gasteiger partial charge in [-0.1, -0.05) is 78.1 Å². The highest BCUT2D eigenvalue weighted by Gasteiger charge is 1.90. The van der Waals surface area contributed by atoms with Crippen molar-refractivity contribution in [2.75, 3.05) is 0 Å². The van der Waals surface area contributed by atoms with Crippen LogP contribution in [0.2, 0.25) is 0 Å². The molecule has 2 heteroatoms. The van der Waals surface area contributed by atoms with Crippen LogP contribution in [0.5, 0.6) is 0 Å². The van der Waals surface area contributed by atoms with Gasteiger partial charge in [0.15, 0.2) is 0 Å². The summed E-state index contributed by atoms with van der Waals surface area (Å²) in [6.45, 7) is 6.12. The lowest BCUT2D eigenvalue weighted by Gasteiger charge is -1.99. The smallest absolute Gasteiger partial charge is 0.0533 e. The zero-order valence-electron chi connectivity index (χ0n) is 9.99. The van der Waals surface area contributed by atoms with Crippen molar-refractivity contribution in [2.24, 2.45) is 0 Å². The van der Waals surface area contributed by atoms with Gasteiger partial charge in [0.2, 0.25) is 0 Å². The molecule has 1 radical (unpaired) electrons. The summed E-state index contributed by atoms with van der Waals surface area (Å²) in [5.41, 5.74) is 0. The highest BCUT2D eigenvalue weighted by Crippen LogP contribution is 2.09. The second-order valence-electron chi connectivity index (χ2n) is 3.68. The van der Waals surface area contributed by atoms with Crippen LogP contribution >= 0.6 is 0 Å². The molecule has 0 fully saturated rings. The zero-order chi connectivity index (χ0) is 9.07. The first kappa shape index (κ1) is 19.5. The number of hydrogen-bond donors (Lipinski definition) is 1. The summed E-state index contributed by atoms with van der Waals surface area (Å²) in [6.07, 6.45) is 13.9. The fraction of sp³-hybridized carbons (Fsp3) is 0.917. The van der Waals surface area contributed by atoms with Gasteiger partial charge in [-0.25, -0.2) is 0 Å². The second-order valence-corrected chi connectivity index (χ2v) is 3.68. The molecule has 0 aliphatic rings. The van der Waals surface area contributed by atoms with Gasteiger partial charge in [-0.05, 0) is 0 Å². The van der Waals surface area contributed by atoms with E-state index in [-0.39, 0.29) is 11.6 Å². The van der Waals surface area contributed by atoms with Gasteiger partial charge in [0, 0.05) is 0 Å². The molecule has 0 amide bonds. The first-order valence-electron chi connectivity index (χ1n) is 5.71. The first-order valence-corrected chi connectivity index (χ1v) is 5.71. The molecular weight excluding hydrogens is 174 g/mol. The maximum atomic E-state index is 3.84. The van der Waals surface area contributed by atoms with Crippen molar-refractivity contribution in [3.8, 4) is 0 Å². The molecule has 0 bridgehead atoms. The van der Waals surface area contributed by atoms with Crippen LogP contribution in [-0.4, -0.2) is 5.48 Å². The van der Waals surface area contributed by atoms with Gasteiger partial charge >= 0.3 is 0 Å². The van der Waals surface area contributed by atoms with Crippen LogP contribution in [-0.2, 0) is 0 Å². The quantitative estimate of drug-likeness (QED) is 0.565. The summed E-state index contributed by atoms with van der Waals surface area (Å²) in [7, 11) is 0. The molecule has 0 saturated carbocycles. The minimum Gasteiger partial charge on any atom is -0.412 e. The van der Waals surface area contributed by atoms with Gasteiger partial charge in [-0.2, -0.15) is 0 Å². The Kier molecular flexibility index (Phi) is 26.0. The van der Waals surface area contributed by atoms with Gasteiger partial charge in [0.25, 0.3) is 0 Å². The van der Waals surface area contributed by atoms with E-state index in [1.165, 1.54) is 57.8 Å². The highest BCUT2D eigenvalue weighted by atomic mass is 16.0. The lowest BCUT2D eigenvalue weighted by molar-refractivity contribution is 0.566. The number of unbranched alkanes of at least 4 members (excludes halogenated alkanes) is 9. The van der Waals surface area contributed by atoms with E-state index in [1.54, 1.807) is 0 Å². The Balaban J connectivity index is -0.000000605. The van der Waals surface area contributed by atoms with Crippen LogP contribution in [0.1, 0.15) is 71.1 Å². The van der Waals surface area contributed by atoms with E-state index in [2.05, 4.69) is 13.8 Å². The Morgan fingerprint density at radius 3 is 1.43 bits per heavy atom. The van der Waals surface area contributed by atoms with Crippen LogP contribution < -0.4 is 6.15 Å². The summed E-state index contributed by atoms with van der Waals surface area (Å²) in [6, 6.07) is 0. The molecule has 2 nitrogen and oxygen atoms in total. The van der Waals surface area contributed by atoms with Gasteiger partial charge in [-0.3, -0.25) is 0 Å². The van der Waals surface area contributed by atoms with Crippen molar-refractivity contribution in [2.45, 2.75) is 71.1 Å². The number of hydrogen-bond acceptors (Lipinski definition) is 1. The molecular formula is C12H30NO. The lowest BCUT2D eigenvalue weighted by Crippen LogP contribution is -1.80. The molecule has 0 aromatic rings. The fourth-order valence-corrected chi connectivity index (χ4v) is 1.49. The largest absolute Gasteiger partial charge is 0.412 e. The molecule has 0 heterocycles. The summed E-state index contributed by atoms with van der Waals surface area (Å²) in [4.78, 5) is 0. The van der Waals surface area contributed by atoms with Crippen LogP contribution in [0, 0.1) is 6.92 Å². The SMILES string of the molecule is N.O.[CH2]CCCCCCCCCCC. The maximum absolute atomic E-state index is 3.84. The normalized spacial score (nSPS) is 9.00. The molecule has 0 aromatic carbocycles. The number of rotatable bonds is 9. The Labute approximate surface area is 90.4 Å². The zero-order valence-corrected chi connectivity index (χ0v) is 9.99. The third-order valence-electron chi connectivity index (χ3n) is 2.35. The summed E-state index contributed by atoms with van der Waals surface area (Å²) in [5.74, 6) is 0. The third kappa shape index (κ3) is 17.9. The summed E-state index contributed by atoms with van der Waals surface area (Å²) >= 11 is 0. The molecule has 14 heavy (non-hydrogen) atoms. The molecule has 89 valence electrons. The monoisotopic (exact) mass is 204 g/mol. The molecule has 0 aromatic heterocycles. The van der Waals surface area contributed by atoms with Gasteiger partial charge in [0.1, 0.15) is 0 Å². The highest BCUT2D eigenvalue weighted by molar-refractivity contribution is 4.47. The van der Waals surface area contributed by atoms with E-state index >= 15 is 0 Å². The van der Waals surface area contributed by atoms with Crippen LogP contribution in [0.4, 0.5) is 0 Å². The average Bonchev–Trinajstić information content (AvgIpc) is 2.10. The first-order chi connectivity index (χ1) is 5.91. The Hall–Kier alpha value is -0.0800. The van der Waals surface area contributed by atoms with E-state index in [1.807, 2.05) is 0 Å². The molecule has 0 aliphatic carbocycles. The van der Waals surface area contributed by atoms with Crippen molar-refractivity contribution in [3.05, 3.63) is 6.92 Å². The molecule has 0 rings (SSSR count). The van der Waals surface area contributed by atoms with E-state index in [0.717, 1.165) is 6.42 Å². The van der Waals surface area contributed by atoms with Crippen molar-refractivity contribution >= 4 is 0 Å². The lowest BCUT2D eigenvalue weighted by atomic mass is 10.1. The standard InChI is InChI=1S/C12H25.H3N.H2O/c1-3-5-7-9-11-12-10-8-6-4-2;;/h1,3-12H2,2H3;1H3;1H2. The molecule has 0 unspecified atom stereocenters. The van der Waals surface area contributed by atoms with Crippen molar-refractivity contribution < 1.29 is 5.48 Å². The van der Waals surface area contributed by atoms with Crippen molar-refractivity contribution in [1.29, 1.82) is 0 Å². The minimum atomic E-state index is 0. The van der Waals surface area contributed by atoms with Crippen LogP contribution in [0.25, 0.3) is 0 Å². The van der Waals surface area contributed by atoms with E-state index in [0.29, 0.717) is 0 Å². The Bertz CT molecular complexity index is 66.7. The van der Waals surface area contributed by atoms with Gasteiger partial charge < -0.3 is 11.6 Å². The molecule has 0 saturated heterocycles. The van der Waals surface area contributed by atoms with E-state index in [4.69, 9.17) is 0 Å². The van der Waals surface area contributed by atoms with Crippen LogP contribution in [0.3, 0.4) is 0 Å². The fourth-order valence-electron chi connectivity index (χ4n) is 1.49. The average molecular weight is 204 g/mol. The molecule has 0 spiro atoms. The topological polar surface area (TPSA) is 66.5 Å². The van der Waals surface area contributed by atoms with E-state index in [9.17, 15) is 0 Å². The molecule has 0 atom stereocenters. The Morgan fingerprint density at radius 2 is 1.07 bits per heavy atom. The van der Waals surface area contributed by atoms with E-state index < -0.39 is 0 Å². The predicted octanol–water partition coefficient (Wildman–Crippen LogP) is 4.08.